The van der Waals surface area contributed by atoms with Crippen molar-refractivity contribution < 1.29 is 27.4 Å². The predicted octanol–water partition coefficient (Wildman–Crippen LogP) is 3.96. The summed E-state index contributed by atoms with van der Waals surface area (Å²) in [6.07, 6.45) is -3.09. The molecule has 1 rings (SSSR count). The Morgan fingerprint density at radius 2 is 1.79 bits per heavy atom. The molecule has 0 aliphatic carbocycles. The van der Waals surface area contributed by atoms with E-state index in [0.29, 0.717) is 6.61 Å². The third-order valence-electron chi connectivity index (χ3n) is 2.05. The predicted molar refractivity (Wildman–Crippen MR) is 65.6 cm³/mol. The standard InChI is InChI=1S/C12H13F3O3.ClH/c1-2-3-8-17-11(16)9-4-6-10(7-5-9)18-12(13,14)15;/h4-7H,2-3,8H2,1H3;1H. The first-order chi connectivity index (χ1) is 8.42. The van der Waals surface area contributed by atoms with E-state index in [1.165, 1.54) is 12.1 Å². The largest absolute Gasteiger partial charge is 0.573 e. The molecule has 0 atom stereocenters. The number of esters is 1. The Bertz CT molecular complexity index is 390. The molecule has 108 valence electrons. The summed E-state index contributed by atoms with van der Waals surface area (Å²) >= 11 is 0. The van der Waals surface area contributed by atoms with Crippen LogP contribution in [0.25, 0.3) is 0 Å². The van der Waals surface area contributed by atoms with Gasteiger partial charge < -0.3 is 9.47 Å². The summed E-state index contributed by atoms with van der Waals surface area (Å²) in [7, 11) is 0. The van der Waals surface area contributed by atoms with Crippen molar-refractivity contribution in [1.82, 2.24) is 0 Å². The molecule has 0 bridgehead atoms. The molecule has 0 radical (unpaired) electrons. The van der Waals surface area contributed by atoms with Crippen LogP contribution in [0.15, 0.2) is 24.3 Å². The van der Waals surface area contributed by atoms with E-state index in [2.05, 4.69) is 4.74 Å². The van der Waals surface area contributed by atoms with Crippen LogP contribution < -0.4 is 4.74 Å². The molecule has 1 aromatic rings. The number of halogens is 4. The van der Waals surface area contributed by atoms with Crippen molar-refractivity contribution in [3.8, 4) is 5.75 Å². The van der Waals surface area contributed by atoms with E-state index < -0.39 is 12.3 Å². The van der Waals surface area contributed by atoms with Gasteiger partial charge >= 0.3 is 12.3 Å². The summed E-state index contributed by atoms with van der Waals surface area (Å²) in [6, 6.07) is 4.61. The lowest BCUT2D eigenvalue weighted by Gasteiger charge is -2.09. The van der Waals surface area contributed by atoms with Crippen molar-refractivity contribution >= 4 is 18.4 Å². The first kappa shape index (κ1) is 17.6. The zero-order valence-corrected chi connectivity index (χ0v) is 11.0. The number of ether oxygens (including phenoxy) is 2. The number of unbranched alkanes of at least 4 members (excludes halogenated alkanes) is 1. The first-order valence-electron chi connectivity index (χ1n) is 5.45. The summed E-state index contributed by atoms with van der Waals surface area (Å²) in [4.78, 5) is 11.4. The van der Waals surface area contributed by atoms with Crippen molar-refractivity contribution in [2.75, 3.05) is 6.61 Å². The fraction of sp³-hybridized carbons (Fsp3) is 0.417. The first-order valence-corrected chi connectivity index (χ1v) is 5.45. The summed E-state index contributed by atoms with van der Waals surface area (Å²) < 4.78 is 44.3. The van der Waals surface area contributed by atoms with E-state index >= 15 is 0 Å². The smallest absolute Gasteiger partial charge is 0.462 e. The number of carbonyl (C=O) groups is 1. The fourth-order valence-corrected chi connectivity index (χ4v) is 1.19. The summed E-state index contributed by atoms with van der Waals surface area (Å²) in [6.45, 7) is 2.26. The van der Waals surface area contributed by atoms with Gasteiger partial charge in [0, 0.05) is 0 Å². The van der Waals surface area contributed by atoms with E-state index in [9.17, 15) is 18.0 Å². The van der Waals surface area contributed by atoms with E-state index in [1.807, 2.05) is 6.92 Å². The van der Waals surface area contributed by atoms with Gasteiger partial charge in [0.25, 0.3) is 0 Å². The SMILES string of the molecule is CCCCOC(=O)c1ccc(OC(F)(F)F)cc1.Cl. The zero-order chi connectivity index (χ0) is 13.6. The van der Waals surface area contributed by atoms with Crippen LogP contribution >= 0.6 is 12.4 Å². The number of carbonyl (C=O) groups excluding carboxylic acids is 1. The quantitative estimate of drug-likeness (QED) is 0.609. The molecule has 0 amide bonds. The fourth-order valence-electron chi connectivity index (χ4n) is 1.19. The molecular formula is C12H14ClF3O3. The molecule has 0 unspecified atom stereocenters. The topological polar surface area (TPSA) is 35.5 Å². The van der Waals surface area contributed by atoms with Gasteiger partial charge in [-0.05, 0) is 30.7 Å². The van der Waals surface area contributed by atoms with Crippen LogP contribution in [0.4, 0.5) is 13.2 Å². The molecular weight excluding hydrogens is 285 g/mol. The molecule has 0 spiro atoms. The number of benzene rings is 1. The van der Waals surface area contributed by atoms with Crippen LogP contribution in [0.5, 0.6) is 5.75 Å². The van der Waals surface area contributed by atoms with Gasteiger partial charge in [0.15, 0.2) is 0 Å². The maximum atomic E-state index is 11.9. The normalized spacial score (nSPS) is 10.5. The second-order valence-corrected chi connectivity index (χ2v) is 3.56. The lowest BCUT2D eigenvalue weighted by Crippen LogP contribution is -2.17. The van der Waals surface area contributed by atoms with Crippen LogP contribution in [0, 0.1) is 0 Å². The van der Waals surface area contributed by atoms with Crippen molar-refractivity contribution in [2.45, 2.75) is 26.1 Å². The Morgan fingerprint density at radius 1 is 1.21 bits per heavy atom. The van der Waals surface area contributed by atoms with Crippen LogP contribution in [-0.4, -0.2) is 18.9 Å². The monoisotopic (exact) mass is 298 g/mol. The van der Waals surface area contributed by atoms with Gasteiger partial charge in [-0.3, -0.25) is 0 Å². The van der Waals surface area contributed by atoms with Crippen LogP contribution in [0.3, 0.4) is 0 Å². The van der Waals surface area contributed by atoms with Crippen molar-refractivity contribution in [1.29, 1.82) is 0 Å². The molecule has 0 aromatic heterocycles. The molecule has 7 heteroatoms. The Morgan fingerprint density at radius 3 is 2.26 bits per heavy atom. The molecule has 0 aliphatic rings. The average Bonchev–Trinajstić information content (AvgIpc) is 2.28. The van der Waals surface area contributed by atoms with Crippen LogP contribution in [-0.2, 0) is 4.74 Å². The summed E-state index contributed by atoms with van der Waals surface area (Å²) in [5.74, 6) is -0.922. The summed E-state index contributed by atoms with van der Waals surface area (Å²) in [5, 5.41) is 0. The molecule has 0 N–H and O–H groups in total. The van der Waals surface area contributed by atoms with E-state index in [4.69, 9.17) is 4.74 Å². The second-order valence-electron chi connectivity index (χ2n) is 3.56. The zero-order valence-electron chi connectivity index (χ0n) is 10.2. The van der Waals surface area contributed by atoms with Gasteiger partial charge in [-0.25, -0.2) is 4.79 Å². The lowest BCUT2D eigenvalue weighted by molar-refractivity contribution is -0.274. The molecule has 1 aromatic carbocycles. The van der Waals surface area contributed by atoms with Crippen molar-refractivity contribution in [2.24, 2.45) is 0 Å². The van der Waals surface area contributed by atoms with Crippen LogP contribution in [0.1, 0.15) is 30.1 Å². The minimum atomic E-state index is -4.73. The highest BCUT2D eigenvalue weighted by Crippen LogP contribution is 2.22. The Balaban J connectivity index is 0.00000324. The highest BCUT2D eigenvalue weighted by Gasteiger charge is 2.31. The molecule has 0 aliphatic heterocycles. The van der Waals surface area contributed by atoms with Gasteiger partial charge in [0.2, 0.25) is 0 Å². The Labute approximate surface area is 115 Å². The average molecular weight is 299 g/mol. The Kier molecular flexibility index (Phi) is 7.29. The molecule has 0 fully saturated rings. The maximum absolute atomic E-state index is 11.9. The molecule has 0 saturated carbocycles. The summed E-state index contributed by atoms with van der Waals surface area (Å²) in [5.41, 5.74) is 0.195. The van der Waals surface area contributed by atoms with E-state index in [1.54, 1.807) is 0 Å². The maximum Gasteiger partial charge on any atom is 0.573 e. The number of rotatable bonds is 5. The van der Waals surface area contributed by atoms with Gasteiger partial charge in [-0.15, -0.1) is 25.6 Å². The lowest BCUT2D eigenvalue weighted by atomic mass is 10.2. The molecule has 19 heavy (non-hydrogen) atoms. The highest BCUT2D eigenvalue weighted by molar-refractivity contribution is 5.89. The third-order valence-corrected chi connectivity index (χ3v) is 2.05. The van der Waals surface area contributed by atoms with Gasteiger partial charge in [-0.1, -0.05) is 13.3 Å². The minimum Gasteiger partial charge on any atom is -0.462 e. The Hall–Kier alpha value is -1.43. The minimum absolute atomic E-state index is 0. The third kappa shape index (κ3) is 6.91. The molecule has 0 saturated heterocycles. The highest BCUT2D eigenvalue weighted by atomic mass is 35.5. The van der Waals surface area contributed by atoms with Gasteiger partial charge in [0.1, 0.15) is 5.75 Å². The van der Waals surface area contributed by atoms with Gasteiger partial charge in [0.05, 0.1) is 12.2 Å². The van der Waals surface area contributed by atoms with Crippen LogP contribution in [0.2, 0.25) is 0 Å². The molecule has 0 heterocycles. The van der Waals surface area contributed by atoms with E-state index in [0.717, 1.165) is 25.0 Å². The molecule has 3 nitrogen and oxygen atoms in total. The number of hydrogen-bond acceptors (Lipinski definition) is 3. The van der Waals surface area contributed by atoms with Crippen molar-refractivity contribution in [3.05, 3.63) is 29.8 Å². The number of hydrogen-bond donors (Lipinski definition) is 0. The van der Waals surface area contributed by atoms with Gasteiger partial charge in [-0.2, -0.15) is 0 Å². The second kappa shape index (κ2) is 7.89. The van der Waals surface area contributed by atoms with Crippen molar-refractivity contribution in [3.63, 3.8) is 0 Å². The number of alkyl halides is 3. The van der Waals surface area contributed by atoms with E-state index in [-0.39, 0.29) is 23.7 Å².